The number of nitrogens with zero attached hydrogens (tertiary/aromatic N) is 1. The van der Waals surface area contributed by atoms with E-state index in [4.69, 9.17) is 0 Å². The molecular weight excluding hydrogens is 422 g/mol. The van der Waals surface area contributed by atoms with E-state index in [0.29, 0.717) is 18.0 Å². The fourth-order valence-electron chi connectivity index (χ4n) is 5.12. The van der Waals surface area contributed by atoms with Crippen molar-refractivity contribution in [1.82, 2.24) is 10.2 Å². The summed E-state index contributed by atoms with van der Waals surface area (Å²) in [5.74, 6) is -1.51. The molecule has 0 radical (unpaired) electrons. The lowest BCUT2D eigenvalue weighted by atomic mass is 9.76. The van der Waals surface area contributed by atoms with Crippen molar-refractivity contribution in [1.29, 1.82) is 0 Å². The van der Waals surface area contributed by atoms with Gasteiger partial charge in [-0.2, -0.15) is 0 Å². The summed E-state index contributed by atoms with van der Waals surface area (Å²) in [6, 6.07) is 5.20. The molecule has 0 unspecified atom stereocenters. The van der Waals surface area contributed by atoms with Crippen LogP contribution in [0.15, 0.2) is 22.7 Å². The molecule has 1 aromatic rings. The van der Waals surface area contributed by atoms with Crippen molar-refractivity contribution in [2.75, 3.05) is 5.32 Å². The molecule has 5 atom stereocenters. The van der Waals surface area contributed by atoms with E-state index < -0.39 is 17.4 Å². The van der Waals surface area contributed by atoms with Gasteiger partial charge in [0.25, 0.3) is 0 Å². The van der Waals surface area contributed by atoms with Crippen LogP contribution >= 0.6 is 15.9 Å². The Labute approximate surface area is 173 Å². The second-order valence-corrected chi connectivity index (χ2v) is 9.56. The Kier molecular flexibility index (Phi) is 4.66. The molecule has 7 heteroatoms. The van der Waals surface area contributed by atoms with Crippen LogP contribution in [-0.2, 0) is 19.9 Å². The monoisotopic (exact) mass is 447 g/mol. The molecule has 2 saturated heterocycles. The molecule has 0 saturated carbocycles. The van der Waals surface area contributed by atoms with Crippen molar-refractivity contribution in [3.05, 3.63) is 28.2 Å². The second-order valence-electron chi connectivity index (χ2n) is 8.64. The standard InChI is InChI=1S/C21H26BrN3O3/c1-5-11(4)25-18(26)16-15(8-10(2)3)24-21(17(16)19(25)27)13-9-12(22)6-7-14(13)23-20(21)28/h6-7,9-11,15-17,24H,5,8H2,1-4H3,(H,23,28)/t11-,15-,16-,17+,21-/m1/s1. The Morgan fingerprint density at radius 1 is 1.18 bits per heavy atom. The van der Waals surface area contributed by atoms with Crippen LogP contribution in [0.2, 0.25) is 0 Å². The summed E-state index contributed by atoms with van der Waals surface area (Å²) in [6.45, 7) is 8.05. The molecule has 3 amide bonds. The maximum absolute atomic E-state index is 13.5. The largest absolute Gasteiger partial charge is 0.324 e. The number of hydrogen-bond acceptors (Lipinski definition) is 4. The third kappa shape index (κ3) is 2.52. The third-order valence-corrected chi connectivity index (χ3v) is 6.96. The van der Waals surface area contributed by atoms with E-state index in [0.717, 1.165) is 16.5 Å². The van der Waals surface area contributed by atoms with Gasteiger partial charge in [-0.25, -0.2) is 0 Å². The van der Waals surface area contributed by atoms with E-state index in [1.54, 1.807) is 0 Å². The Hall–Kier alpha value is -1.73. The van der Waals surface area contributed by atoms with Gasteiger partial charge in [-0.1, -0.05) is 36.7 Å². The number of amides is 3. The first kappa shape index (κ1) is 19.6. The van der Waals surface area contributed by atoms with Gasteiger partial charge in [-0.3, -0.25) is 24.6 Å². The molecule has 1 aromatic carbocycles. The van der Waals surface area contributed by atoms with Gasteiger partial charge in [-0.15, -0.1) is 0 Å². The number of imide groups is 1. The van der Waals surface area contributed by atoms with Crippen molar-refractivity contribution in [2.24, 2.45) is 17.8 Å². The molecule has 2 N–H and O–H groups in total. The lowest BCUT2D eigenvalue weighted by molar-refractivity contribution is -0.145. The minimum atomic E-state index is -1.20. The zero-order valence-corrected chi connectivity index (χ0v) is 18.2. The van der Waals surface area contributed by atoms with Crippen molar-refractivity contribution in [3.63, 3.8) is 0 Å². The fraction of sp³-hybridized carbons (Fsp3) is 0.571. The lowest BCUT2D eigenvalue weighted by Crippen LogP contribution is -2.54. The molecule has 0 aromatic heterocycles. The van der Waals surface area contributed by atoms with Gasteiger partial charge in [0, 0.05) is 27.8 Å². The van der Waals surface area contributed by atoms with Gasteiger partial charge >= 0.3 is 0 Å². The van der Waals surface area contributed by atoms with E-state index >= 15 is 0 Å². The summed E-state index contributed by atoms with van der Waals surface area (Å²) in [5.41, 5.74) is 0.255. The van der Waals surface area contributed by atoms with Crippen molar-refractivity contribution in [3.8, 4) is 0 Å². The molecule has 28 heavy (non-hydrogen) atoms. The smallest absolute Gasteiger partial charge is 0.250 e. The molecule has 150 valence electrons. The van der Waals surface area contributed by atoms with Gasteiger partial charge in [0.05, 0.1) is 11.8 Å². The molecule has 3 aliphatic heterocycles. The second kappa shape index (κ2) is 6.66. The number of rotatable bonds is 4. The van der Waals surface area contributed by atoms with Crippen LogP contribution < -0.4 is 10.6 Å². The lowest BCUT2D eigenvalue weighted by Gasteiger charge is -2.31. The van der Waals surface area contributed by atoms with E-state index in [1.165, 1.54) is 4.90 Å². The first-order valence-electron chi connectivity index (χ1n) is 9.98. The number of halogens is 1. The van der Waals surface area contributed by atoms with Crippen molar-refractivity contribution >= 4 is 39.3 Å². The third-order valence-electron chi connectivity index (χ3n) is 6.47. The summed E-state index contributed by atoms with van der Waals surface area (Å²) in [4.78, 5) is 41.5. The summed E-state index contributed by atoms with van der Waals surface area (Å²) >= 11 is 3.49. The minimum absolute atomic E-state index is 0.143. The van der Waals surface area contributed by atoms with Gasteiger partial charge < -0.3 is 5.32 Å². The molecule has 1 spiro atoms. The normalized spacial score (nSPS) is 32.3. The molecule has 0 aliphatic carbocycles. The average molecular weight is 448 g/mol. The Balaban J connectivity index is 1.89. The molecule has 2 fully saturated rings. The van der Waals surface area contributed by atoms with Gasteiger partial charge in [0.15, 0.2) is 0 Å². The quantitative estimate of drug-likeness (QED) is 0.695. The first-order chi connectivity index (χ1) is 13.2. The zero-order valence-electron chi connectivity index (χ0n) is 16.6. The van der Waals surface area contributed by atoms with Crippen LogP contribution in [0.25, 0.3) is 0 Å². The summed E-state index contributed by atoms with van der Waals surface area (Å²) in [6.07, 6.45) is 1.42. The maximum Gasteiger partial charge on any atom is 0.250 e. The summed E-state index contributed by atoms with van der Waals surface area (Å²) in [5, 5.41) is 6.40. The van der Waals surface area contributed by atoms with Gasteiger partial charge in [-0.05, 0) is 43.9 Å². The predicted octanol–water partition coefficient (Wildman–Crippen LogP) is 3.01. The number of carbonyl (C=O) groups is 3. The first-order valence-corrected chi connectivity index (χ1v) is 10.8. The van der Waals surface area contributed by atoms with E-state index in [-0.39, 0.29) is 29.8 Å². The average Bonchev–Trinajstić information content (AvgIpc) is 3.20. The van der Waals surface area contributed by atoms with Crippen molar-refractivity contribution < 1.29 is 14.4 Å². The van der Waals surface area contributed by atoms with E-state index in [9.17, 15) is 14.4 Å². The number of fused-ring (bicyclic) bond motifs is 4. The molecule has 3 heterocycles. The number of benzene rings is 1. The van der Waals surface area contributed by atoms with E-state index in [2.05, 4.69) is 40.4 Å². The fourth-order valence-corrected chi connectivity index (χ4v) is 5.48. The number of likely N-dealkylation sites (tertiary alicyclic amines) is 1. The summed E-state index contributed by atoms with van der Waals surface area (Å²) in [7, 11) is 0. The highest BCUT2D eigenvalue weighted by molar-refractivity contribution is 9.10. The number of anilines is 1. The van der Waals surface area contributed by atoms with Crippen LogP contribution in [0.1, 0.15) is 46.1 Å². The van der Waals surface area contributed by atoms with Crippen molar-refractivity contribution in [2.45, 2.75) is 58.2 Å². The summed E-state index contributed by atoms with van der Waals surface area (Å²) < 4.78 is 0.836. The number of carbonyl (C=O) groups excluding carboxylic acids is 3. The minimum Gasteiger partial charge on any atom is -0.324 e. The molecule has 6 nitrogen and oxygen atoms in total. The Bertz CT molecular complexity index is 870. The SMILES string of the molecule is CC[C@@H](C)N1C(=O)[C@H]2[C@@H](C1=O)[C@@]1(N[C@@H]2CC(C)C)C(=O)Nc2ccc(Br)cc21. The van der Waals surface area contributed by atoms with Crippen LogP contribution in [-0.4, -0.2) is 34.7 Å². The van der Waals surface area contributed by atoms with Crippen LogP contribution in [0.3, 0.4) is 0 Å². The predicted molar refractivity (Wildman–Crippen MR) is 109 cm³/mol. The van der Waals surface area contributed by atoms with Gasteiger partial charge in [0.1, 0.15) is 5.54 Å². The Morgan fingerprint density at radius 3 is 2.54 bits per heavy atom. The molecule has 0 bridgehead atoms. The highest BCUT2D eigenvalue weighted by Crippen LogP contribution is 2.54. The number of nitrogens with one attached hydrogen (secondary N) is 2. The van der Waals surface area contributed by atoms with Crippen LogP contribution in [0.5, 0.6) is 0 Å². The molecule has 4 rings (SSSR count). The van der Waals surface area contributed by atoms with Gasteiger partial charge in [0.2, 0.25) is 17.7 Å². The highest BCUT2D eigenvalue weighted by Gasteiger charge is 2.70. The zero-order chi connectivity index (χ0) is 20.4. The van der Waals surface area contributed by atoms with Crippen LogP contribution in [0.4, 0.5) is 5.69 Å². The van der Waals surface area contributed by atoms with E-state index in [1.807, 2.05) is 32.0 Å². The number of hydrogen-bond donors (Lipinski definition) is 2. The molecular formula is C21H26BrN3O3. The topological polar surface area (TPSA) is 78.5 Å². The maximum atomic E-state index is 13.5. The highest BCUT2D eigenvalue weighted by atomic mass is 79.9. The Morgan fingerprint density at radius 2 is 1.89 bits per heavy atom. The van der Waals surface area contributed by atoms with Crippen LogP contribution in [0, 0.1) is 17.8 Å². The molecule has 3 aliphatic rings.